The minimum atomic E-state index is 0.0513. The van der Waals surface area contributed by atoms with Crippen LogP contribution in [0.1, 0.15) is 36.6 Å². The van der Waals surface area contributed by atoms with Gasteiger partial charge in [-0.25, -0.2) is 9.97 Å². The van der Waals surface area contributed by atoms with E-state index in [1.807, 2.05) is 12.3 Å². The third-order valence-electron chi connectivity index (χ3n) is 3.66. The Hall–Kier alpha value is -1.16. The summed E-state index contributed by atoms with van der Waals surface area (Å²) in [5, 5.41) is 1.05. The predicted molar refractivity (Wildman–Crippen MR) is 82.0 cm³/mol. The number of aryl methyl sites for hydroxylation is 1. The van der Waals surface area contributed by atoms with Crippen LogP contribution in [0.3, 0.4) is 0 Å². The van der Waals surface area contributed by atoms with Crippen molar-refractivity contribution in [2.24, 2.45) is 5.73 Å². The second-order valence-corrected chi connectivity index (χ2v) is 5.89. The average molecular weight is 308 g/mol. The molecule has 1 aromatic carbocycles. The lowest BCUT2D eigenvalue weighted by atomic mass is 10.1. The monoisotopic (exact) mass is 307 g/mol. The molecule has 0 aliphatic heterocycles. The second-order valence-electron chi connectivity index (χ2n) is 5.08. The number of fused-ring (bicyclic) bond motifs is 1. The highest BCUT2D eigenvalue weighted by atomic mass is 35.5. The summed E-state index contributed by atoms with van der Waals surface area (Å²) < 4.78 is 0. The Kier molecular flexibility index (Phi) is 3.92. The van der Waals surface area contributed by atoms with Gasteiger partial charge < -0.3 is 5.73 Å². The molecule has 0 saturated carbocycles. The van der Waals surface area contributed by atoms with Crippen LogP contribution in [0.25, 0.3) is 11.4 Å². The van der Waals surface area contributed by atoms with Gasteiger partial charge in [0.05, 0.1) is 10.0 Å². The van der Waals surface area contributed by atoms with Crippen LogP contribution in [0.15, 0.2) is 24.4 Å². The van der Waals surface area contributed by atoms with E-state index in [0.29, 0.717) is 15.9 Å². The van der Waals surface area contributed by atoms with Crippen LogP contribution in [-0.4, -0.2) is 9.97 Å². The van der Waals surface area contributed by atoms with Gasteiger partial charge in [0, 0.05) is 29.1 Å². The van der Waals surface area contributed by atoms with Gasteiger partial charge in [0.25, 0.3) is 0 Å². The van der Waals surface area contributed by atoms with E-state index in [4.69, 9.17) is 28.9 Å². The van der Waals surface area contributed by atoms with Crippen LogP contribution in [-0.2, 0) is 6.42 Å². The molecule has 1 aliphatic rings. The standard InChI is InChI=1S/C15H15Cl2N3/c16-11-6-5-9(7-12(11)17)15-19-8-10-13(18)3-1-2-4-14(10)20-15/h5-8,13H,1-4,18H2. The van der Waals surface area contributed by atoms with Gasteiger partial charge in [0.15, 0.2) is 5.82 Å². The first kappa shape index (κ1) is 13.8. The summed E-state index contributed by atoms with van der Waals surface area (Å²) >= 11 is 12.0. The first-order valence-corrected chi connectivity index (χ1v) is 7.47. The Balaban J connectivity index is 2.03. The van der Waals surface area contributed by atoms with Gasteiger partial charge in [-0.3, -0.25) is 0 Å². The van der Waals surface area contributed by atoms with Gasteiger partial charge in [-0.1, -0.05) is 29.6 Å². The number of aromatic nitrogens is 2. The lowest BCUT2D eigenvalue weighted by Crippen LogP contribution is -2.12. The fourth-order valence-corrected chi connectivity index (χ4v) is 2.82. The van der Waals surface area contributed by atoms with E-state index in [9.17, 15) is 0 Å². The summed E-state index contributed by atoms with van der Waals surface area (Å²) in [7, 11) is 0. The zero-order valence-electron chi connectivity index (χ0n) is 10.9. The zero-order valence-corrected chi connectivity index (χ0v) is 12.5. The molecule has 0 fully saturated rings. The van der Waals surface area contributed by atoms with Crippen LogP contribution in [0.2, 0.25) is 10.0 Å². The van der Waals surface area contributed by atoms with E-state index in [2.05, 4.69) is 9.97 Å². The molecule has 1 aliphatic carbocycles. The molecule has 104 valence electrons. The van der Waals surface area contributed by atoms with Crippen LogP contribution < -0.4 is 5.73 Å². The predicted octanol–water partition coefficient (Wildman–Crippen LogP) is 4.18. The molecule has 1 aromatic heterocycles. The largest absolute Gasteiger partial charge is 0.324 e. The van der Waals surface area contributed by atoms with Crippen LogP contribution in [0.5, 0.6) is 0 Å². The smallest absolute Gasteiger partial charge is 0.159 e. The molecule has 0 radical (unpaired) electrons. The molecule has 5 heteroatoms. The Morgan fingerprint density at radius 1 is 1.15 bits per heavy atom. The molecule has 0 saturated heterocycles. The Morgan fingerprint density at radius 2 is 2.00 bits per heavy atom. The molecule has 3 rings (SSSR count). The molecule has 1 heterocycles. The Morgan fingerprint density at radius 3 is 2.80 bits per heavy atom. The number of nitrogens with two attached hydrogens (primary N) is 1. The van der Waals surface area contributed by atoms with E-state index in [1.54, 1.807) is 12.1 Å². The summed E-state index contributed by atoms with van der Waals surface area (Å²) in [6.07, 6.45) is 6.08. The van der Waals surface area contributed by atoms with E-state index in [-0.39, 0.29) is 6.04 Å². The second kappa shape index (κ2) is 5.68. The van der Waals surface area contributed by atoms with Crippen molar-refractivity contribution in [1.82, 2.24) is 9.97 Å². The van der Waals surface area contributed by atoms with Crippen LogP contribution in [0, 0.1) is 0 Å². The topological polar surface area (TPSA) is 51.8 Å². The van der Waals surface area contributed by atoms with E-state index < -0.39 is 0 Å². The van der Waals surface area contributed by atoms with Crippen molar-refractivity contribution in [3.8, 4) is 11.4 Å². The minimum Gasteiger partial charge on any atom is -0.324 e. The van der Waals surface area contributed by atoms with E-state index in [1.165, 1.54) is 0 Å². The lowest BCUT2D eigenvalue weighted by Gasteiger charge is -2.12. The van der Waals surface area contributed by atoms with Crippen molar-refractivity contribution in [1.29, 1.82) is 0 Å². The highest BCUT2D eigenvalue weighted by molar-refractivity contribution is 6.42. The number of nitrogens with zero attached hydrogens (tertiary/aromatic N) is 2. The van der Waals surface area contributed by atoms with Crippen LogP contribution in [0.4, 0.5) is 0 Å². The summed E-state index contributed by atoms with van der Waals surface area (Å²) in [6, 6.07) is 5.49. The van der Waals surface area contributed by atoms with Crippen molar-refractivity contribution in [3.05, 3.63) is 45.7 Å². The maximum atomic E-state index is 6.16. The first-order valence-electron chi connectivity index (χ1n) is 6.72. The van der Waals surface area contributed by atoms with Gasteiger partial charge in [-0.15, -0.1) is 0 Å². The van der Waals surface area contributed by atoms with Gasteiger partial charge >= 0.3 is 0 Å². The number of benzene rings is 1. The van der Waals surface area contributed by atoms with Crippen molar-refractivity contribution in [3.63, 3.8) is 0 Å². The van der Waals surface area contributed by atoms with Crippen molar-refractivity contribution >= 4 is 23.2 Å². The lowest BCUT2D eigenvalue weighted by molar-refractivity contribution is 0.614. The summed E-state index contributed by atoms with van der Waals surface area (Å²) in [6.45, 7) is 0. The van der Waals surface area contributed by atoms with E-state index in [0.717, 1.165) is 42.5 Å². The summed E-state index contributed by atoms with van der Waals surface area (Å²) in [5.74, 6) is 0.677. The third kappa shape index (κ3) is 2.66. The van der Waals surface area contributed by atoms with Crippen molar-refractivity contribution < 1.29 is 0 Å². The highest BCUT2D eigenvalue weighted by Gasteiger charge is 2.18. The summed E-state index contributed by atoms with van der Waals surface area (Å²) in [5.41, 5.74) is 9.17. The van der Waals surface area contributed by atoms with Gasteiger partial charge in [-0.2, -0.15) is 0 Å². The number of rotatable bonds is 1. The molecule has 0 bridgehead atoms. The Bertz CT molecular complexity index is 643. The van der Waals surface area contributed by atoms with Gasteiger partial charge in [-0.05, 0) is 37.5 Å². The number of hydrogen-bond acceptors (Lipinski definition) is 3. The molecule has 20 heavy (non-hydrogen) atoms. The SMILES string of the molecule is NC1CCCCc2nc(-c3ccc(Cl)c(Cl)c3)ncc21. The molecule has 2 N–H and O–H groups in total. The maximum Gasteiger partial charge on any atom is 0.159 e. The summed E-state index contributed by atoms with van der Waals surface area (Å²) in [4.78, 5) is 9.10. The first-order chi connectivity index (χ1) is 9.65. The molecule has 1 atom stereocenters. The molecule has 1 unspecified atom stereocenters. The number of hydrogen-bond donors (Lipinski definition) is 1. The third-order valence-corrected chi connectivity index (χ3v) is 4.40. The average Bonchev–Trinajstić information content (AvgIpc) is 2.63. The quantitative estimate of drug-likeness (QED) is 0.804. The molecule has 3 nitrogen and oxygen atoms in total. The molecular formula is C15H15Cl2N3. The zero-order chi connectivity index (χ0) is 14.1. The number of halogens is 2. The fourth-order valence-electron chi connectivity index (χ4n) is 2.52. The van der Waals surface area contributed by atoms with Crippen LogP contribution >= 0.6 is 23.2 Å². The maximum absolute atomic E-state index is 6.16. The molecule has 2 aromatic rings. The Labute approximate surface area is 128 Å². The van der Waals surface area contributed by atoms with Crippen molar-refractivity contribution in [2.45, 2.75) is 31.7 Å². The minimum absolute atomic E-state index is 0.0513. The molecule has 0 amide bonds. The van der Waals surface area contributed by atoms with Gasteiger partial charge in [0.1, 0.15) is 0 Å². The van der Waals surface area contributed by atoms with E-state index >= 15 is 0 Å². The highest BCUT2D eigenvalue weighted by Crippen LogP contribution is 2.29. The molecular weight excluding hydrogens is 293 g/mol. The van der Waals surface area contributed by atoms with Gasteiger partial charge in [0.2, 0.25) is 0 Å². The normalized spacial score (nSPS) is 18.4. The fraction of sp³-hybridized carbons (Fsp3) is 0.333. The molecule has 0 spiro atoms. The van der Waals surface area contributed by atoms with Crippen molar-refractivity contribution in [2.75, 3.05) is 0 Å².